The molecule has 3 unspecified atom stereocenters. The average Bonchev–Trinajstić information content (AvgIpc) is 3.46. The van der Waals surface area contributed by atoms with Gasteiger partial charge < -0.3 is 5.32 Å². The standard InChI is InChI=1S/C22H24N4OS/c1-13-3-6-16(7-4-13)20-12-28-22(25-20)26-14(2)18(11-23-26)21(27)24-19-10-15-5-8-17(19)9-15/h3-4,6-7,11-12,15,17,19H,5,8-10H2,1-2H3,(H,24,27). The van der Waals surface area contributed by atoms with Gasteiger partial charge in [0.15, 0.2) is 0 Å². The summed E-state index contributed by atoms with van der Waals surface area (Å²) in [6.45, 7) is 4.02. The van der Waals surface area contributed by atoms with Crippen molar-refractivity contribution in [2.24, 2.45) is 11.8 Å². The molecule has 2 aromatic heterocycles. The molecule has 5 nitrogen and oxygen atoms in total. The van der Waals surface area contributed by atoms with Gasteiger partial charge in [-0.1, -0.05) is 36.2 Å². The van der Waals surface area contributed by atoms with Gasteiger partial charge in [0.1, 0.15) is 0 Å². The Hall–Kier alpha value is -2.47. The van der Waals surface area contributed by atoms with E-state index in [0.29, 0.717) is 17.5 Å². The summed E-state index contributed by atoms with van der Waals surface area (Å²) in [5.74, 6) is 1.48. The van der Waals surface area contributed by atoms with Crippen molar-refractivity contribution < 1.29 is 4.79 Å². The van der Waals surface area contributed by atoms with Crippen LogP contribution in [0, 0.1) is 25.7 Å². The van der Waals surface area contributed by atoms with Crippen LogP contribution in [0.15, 0.2) is 35.8 Å². The van der Waals surface area contributed by atoms with Crippen LogP contribution in [-0.2, 0) is 0 Å². The molecule has 2 aliphatic carbocycles. The lowest BCUT2D eigenvalue weighted by Gasteiger charge is -2.22. The first-order chi connectivity index (χ1) is 13.6. The second-order valence-electron chi connectivity index (χ2n) is 8.19. The van der Waals surface area contributed by atoms with Crippen LogP contribution in [0.4, 0.5) is 0 Å². The van der Waals surface area contributed by atoms with E-state index in [-0.39, 0.29) is 5.91 Å². The van der Waals surface area contributed by atoms with Crippen molar-refractivity contribution in [2.45, 2.75) is 45.6 Å². The Labute approximate surface area is 168 Å². The van der Waals surface area contributed by atoms with Gasteiger partial charge in [-0.05, 0) is 44.9 Å². The summed E-state index contributed by atoms with van der Waals surface area (Å²) in [4.78, 5) is 17.6. The van der Waals surface area contributed by atoms with Gasteiger partial charge in [-0.3, -0.25) is 4.79 Å². The third-order valence-electron chi connectivity index (χ3n) is 6.33. The molecular weight excluding hydrogens is 368 g/mol. The van der Waals surface area contributed by atoms with Gasteiger partial charge in [0, 0.05) is 17.0 Å². The van der Waals surface area contributed by atoms with Crippen molar-refractivity contribution in [1.82, 2.24) is 20.1 Å². The molecule has 28 heavy (non-hydrogen) atoms. The van der Waals surface area contributed by atoms with Gasteiger partial charge in [-0.25, -0.2) is 9.67 Å². The molecule has 144 valence electrons. The number of nitrogens with zero attached hydrogens (tertiary/aromatic N) is 3. The topological polar surface area (TPSA) is 59.8 Å². The molecule has 2 fully saturated rings. The van der Waals surface area contributed by atoms with Crippen molar-refractivity contribution in [1.29, 1.82) is 0 Å². The quantitative estimate of drug-likeness (QED) is 0.710. The molecule has 1 aromatic carbocycles. The highest BCUT2D eigenvalue weighted by molar-refractivity contribution is 7.12. The largest absolute Gasteiger partial charge is 0.349 e. The van der Waals surface area contributed by atoms with E-state index in [1.165, 1.54) is 24.8 Å². The summed E-state index contributed by atoms with van der Waals surface area (Å²) in [5, 5.41) is 10.5. The van der Waals surface area contributed by atoms with Crippen LogP contribution in [0.2, 0.25) is 0 Å². The number of fused-ring (bicyclic) bond motifs is 2. The molecule has 2 bridgehead atoms. The first-order valence-electron chi connectivity index (χ1n) is 9.97. The van der Waals surface area contributed by atoms with Crippen LogP contribution < -0.4 is 5.32 Å². The highest BCUT2D eigenvalue weighted by Gasteiger charge is 2.40. The molecule has 3 aromatic rings. The second-order valence-corrected chi connectivity index (χ2v) is 9.03. The lowest BCUT2D eigenvalue weighted by atomic mass is 9.95. The molecule has 2 heterocycles. The van der Waals surface area contributed by atoms with Crippen molar-refractivity contribution in [2.75, 3.05) is 0 Å². The molecule has 6 heteroatoms. The third kappa shape index (κ3) is 3.05. The number of carbonyl (C=O) groups is 1. The Bertz CT molecular complexity index is 1020. The highest BCUT2D eigenvalue weighted by atomic mass is 32.1. The summed E-state index contributed by atoms with van der Waals surface area (Å²) in [6.07, 6.45) is 6.68. The predicted molar refractivity (Wildman–Crippen MR) is 111 cm³/mol. The molecule has 3 atom stereocenters. The Morgan fingerprint density at radius 1 is 1.18 bits per heavy atom. The van der Waals surface area contributed by atoms with E-state index in [2.05, 4.69) is 41.6 Å². The highest BCUT2D eigenvalue weighted by Crippen LogP contribution is 2.44. The molecule has 0 spiro atoms. The van der Waals surface area contributed by atoms with Crippen LogP contribution in [0.3, 0.4) is 0 Å². The average molecular weight is 393 g/mol. The molecular formula is C22H24N4OS. The number of thiazole rings is 1. The number of benzene rings is 1. The molecule has 1 amide bonds. The predicted octanol–water partition coefficient (Wildman–Crippen LogP) is 4.53. The summed E-state index contributed by atoms with van der Waals surface area (Å²) < 4.78 is 1.78. The van der Waals surface area contributed by atoms with Crippen LogP contribution in [0.25, 0.3) is 16.4 Å². The summed E-state index contributed by atoms with van der Waals surface area (Å²) in [7, 11) is 0. The van der Waals surface area contributed by atoms with Crippen LogP contribution >= 0.6 is 11.3 Å². The minimum atomic E-state index is -0.00314. The molecule has 0 radical (unpaired) electrons. The number of nitrogens with one attached hydrogen (secondary N) is 1. The maximum Gasteiger partial charge on any atom is 0.254 e. The molecule has 2 aliphatic rings. The Morgan fingerprint density at radius 3 is 2.71 bits per heavy atom. The minimum Gasteiger partial charge on any atom is -0.349 e. The summed E-state index contributed by atoms with van der Waals surface area (Å²) >= 11 is 1.54. The van der Waals surface area contributed by atoms with Crippen molar-refractivity contribution in [3.8, 4) is 16.4 Å². The van der Waals surface area contributed by atoms with E-state index < -0.39 is 0 Å². The van der Waals surface area contributed by atoms with Gasteiger partial charge in [0.2, 0.25) is 5.13 Å². The van der Waals surface area contributed by atoms with E-state index in [0.717, 1.165) is 34.4 Å². The van der Waals surface area contributed by atoms with Gasteiger partial charge in [0.05, 0.1) is 23.1 Å². The fraction of sp³-hybridized carbons (Fsp3) is 0.409. The van der Waals surface area contributed by atoms with Gasteiger partial charge >= 0.3 is 0 Å². The Kier molecular flexibility index (Phi) is 4.31. The SMILES string of the molecule is Cc1ccc(-c2csc(-n3ncc(C(=O)NC4CC5CCC4C5)c3C)n2)cc1. The zero-order valence-electron chi connectivity index (χ0n) is 16.2. The number of hydrogen-bond acceptors (Lipinski definition) is 4. The Morgan fingerprint density at radius 2 is 2.00 bits per heavy atom. The molecule has 5 rings (SSSR count). The first-order valence-corrected chi connectivity index (χ1v) is 10.8. The fourth-order valence-corrected chi connectivity index (χ4v) is 5.55. The monoisotopic (exact) mass is 392 g/mol. The van der Waals surface area contributed by atoms with Gasteiger partial charge in [-0.15, -0.1) is 11.3 Å². The maximum atomic E-state index is 12.8. The smallest absolute Gasteiger partial charge is 0.254 e. The van der Waals surface area contributed by atoms with Gasteiger partial charge in [0.25, 0.3) is 5.91 Å². The molecule has 0 saturated heterocycles. The van der Waals surface area contributed by atoms with Crippen molar-refractivity contribution in [3.63, 3.8) is 0 Å². The summed E-state index contributed by atoms with van der Waals surface area (Å²) in [5.41, 5.74) is 4.74. The zero-order valence-corrected chi connectivity index (χ0v) is 17.0. The van der Waals surface area contributed by atoms with Gasteiger partial charge in [-0.2, -0.15) is 5.10 Å². The maximum absolute atomic E-state index is 12.8. The number of amides is 1. The molecule has 2 saturated carbocycles. The number of aryl methyl sites for hydroxylation is 1. The molecule has 1 N–H and O–H groups in total. The number of hydrogen-bond donors (Lipinski definition) is 1. The molecule has 0 aliphatic heterocycles. The Balaban J connectivity index is 1.35. The van der Waals surface area contributed by atoms with Crippen LogP contribution in [-0.4, -0.2) is 26.7 Å². The van der Waals surface area contributed by atoms with E-state index in [1.54, 1.807) is 22.2 Å². The van der Waals surface area contributed by atoms with E-state index in [1.807, 2.05) is 12.3 Å². The van der Waals surface area contributed by atoms with E-state index in [4.69, 9.17) is 4.98 Å². The lowest BCUT2D eigenvalue weighted by Crippen LogP contribution is -2.38. The van der Waals surface area contributed by atoms with E-state index >= 15 is 0 Å². The minimum absolute atomic E-state index is 0.00314. The normalized spacial score (nSPS) is 23.3. The van der Waals surface area contributed by atoms with Crippen molar-refractivity contribution in [3.05, 3.63) is 52.7 Å². The van der Waals surface area contributed by atoms with Crippen LogP contribution in [0.1, 0.15) is 47.3 Å². The fourth-order valence-electron chi connectivity index (χ4n) is 4.71. The van der Waals surface area contributed by atoms with Crippen LogP contribution in [0.5, 0.6) is 0 Å². The zero-order chi connectivity index (χ0) is 19.3. The van der Waals surface area contributed by atoms with Crippen molar-refractivity contribution >= 4 is 17.2 Å². The number of carbonyl (C=O) groups excluding carboxylic acids is 1. The lowest BCUT2D eigenvalue weighted by molar-refractivity contribution is 0.0922. The third-order valence-corrected chi connectivity index (χ3v) is 7.15. The number of rotatable bonds is 4. The summed E-state index contributed by atoms with van der Waals surface area (Å²) in [6, 6.07) is 8.68. The van der Waals surface area contributed by atoms with E-state index in [9.17, 15) is 4.79 Å². The first kappa shape index (κ1) is 17.6. The second kappa shape index (κ2) is 6.85. The number of aromatic nitrogens is 3.